The Kier molecular flexibility index (Phi) is 4.19. The highest BCUT2D eigenvalue weighted by Gasteiger charge is 2.63. The predicted molar refractivity (Wildman–Crippen MR) is 95.9 cm³/mol. The van der Waals surface area contributed by atoms with E-state index in [1.54, 1.807) is 0 Å². The molecule has 2 aliphatic rings. The molecule has 0 aliphatic heterocycles. The summed E-state index contributed by atoms with van der Waals surface area (Å²) in [6.45, 7) is 0. The van der Waals surface area contributed by atoms with Crippen molar-refractivity contribution < 1.29 is 9.47 Å². The molecule has 126 valence electrons. The summed E-state index contributed by atoms with van der Waals surface area (Å²) < 4.78 is 12.4. The maximum atomic E-state index is 6.20. The summed E-state index contributed by atoms with van der Waals surface area (Å²) in [6.07, 6.45) is 3.84. The summed E-state index contributed by atoms with van der Waals surface area (Å²) in [4.78, 5) is 0. The van der Waals surface area contributed by atoms with E-state index in [-0.39, 0.29) is 11.8 Å². The second kappa shape index (κ2) is 6.34. The third-order valence-corrected chi connectivity index (χ3v) is 6.30. The molecule has 24 heavy (non-hydrogen) atoms. The number of benzene rings is 2. The van der Waals surface area contributed by atoms with Gasteiger partial charge in [0.1, 0.15) is 0 Å². The zero-order valence-electron chi connectivity index (χ0n) is 14.5. The van der Waals surface area contributed by atoms with Gasteiger partial charge in [-0.3, -0.25) is 0 Å². The Morgan fingerprint density at radius 2 is 1.12 bits per heavy atom. The van der Waals surface area contributed by atoms with Crippen LogP contribution in [0.25, 0.3) is 0 Å². The SMILES string of the molecule is COC1(OC)[C@H](c2ccccc2)[C@@H]2CCC[C@@H]2[C@@H]1c1ccccc1. The molecule has 2 aromatic carbocycles. The van der Waals surface area contributed by atoms with Crippen LogP contribution in [0.4, 0.5) is 0 Å². The van der Waals surface area contributed by atoms with Gasteiger partial charge in [-0.05, 0) is 35.8 Å². The third-order valence-electron chi connectivity index (χ3n) is 6.30. The molecular formula is C22H26O2. The molecule has 2 nitrogen and oxygen atoms in total. The van der Waals surface area contributed by atoms with Crippen LogP contribution < -0.4 is 0 Å². The molecule has 4 atom stereocenters. The molecule has 0 radical (unpaired) electrons. The van der Waals surface area contributed by atoms with Crippen molar-refractivity contribution in [2.24, 2.45) is 11.8 Å². The van der Waals surface area contributed by atoms with Crippen molar-refractivity contribution in [2.45, 2.75) is 36.9 Å². The molecule has 0 heterocycles. The molecule has 0 N–H and O–H groups in total. The van der Waals surface area contributed by atoms with Crippen molar-refractivity contribution in [2.75, 3.05) is 14.2 Å². The van der Waals surface area contributed by atoms with Crippen LogP contribution in [0.3, 0.4) is 0 Å². The Morgan fingerprint density at radius 3 is 1.50 bits per heavy atom. The highest BCUT2D eigenvalue weighted by atomic mass is 16.7. The molecule has 0 amide bonds. The molecule has 2 fully saturated rings. The Bertz CT molecular complexity index is 607. The van der Waals surface area contributed by atoms with E-state index >= 15 is 0 Å². The standard InChI is InChI=1S/C22H26O2/c1-23-22(24-2)20(16-10-5-3-6-11-16)18-14-9-15-19(18)21(22)17-12-7-4-8-13-17/h3-8,10-13,18-21H,9,14-15H2,1-2H3/t18-,19+,20-,21+. The Hall–Kier alpha value is -1.64. The van der Waals surface area contributed by atoms with E-state index in [0.717, 1.165) is 0 Å². The van der Waals surface area contributed by atoms with Crippen LogP contribution in [-0.2, 0) is 9.47 Å². The van der Waals surface area contributed by atoms with Gasteiger partial charge in [0.05, 0.1) is 0 Å². The number of fused-ring (bicyclic) bond motifs is 1. The zero-order valence-corrected chi connectivity index (χ0v) is 14.5. The monoisotopic (exact) mass is 322 g/mol. The topological polar surface area (TPSA) is 18.5 Å². The molecule has 0 unspecified atom stereocenters. The lowest BCUT2D eigenvalue weighted by atomic mass is 9.82. The quantitative estimate of drug-likeness (QED) is 0.740. The van der Waals surface area contributed by atoms with Crippen LogP contribution in [-0.4, -0.2) is 20.0 Å². The van der Waals surface area contributed by atoms with Crippen LogP contribution in [0, 0.1) is 11.8 Å². The van der Waals surface area contributed by atoms with Crippen LogP contribution in [0.5, 0.6) is 0 Å². The van der Waals surface area contributed by atoms with E-state index in [9.17, 15) is 0 Å². The van der Waals surface area contributed by atoms with E-state index in [1.807, 2.05) is 14.2 Å². The predicted octanol–water partition coefficient (Wildman–Crippen LogP) is 4.97. The minimum atomic E-state index is -0.585. The molecule has 2 aromatic rings. The fourth-order valence-electron chi connectivity index (χ4n) is 5.51. The second-order valence-corrected chi connectivity index (χ2v) is 7.16. The largest absolute Gasteiger partial charge is 0.352 e. The van der Waals surface area contributed by atoms with Gasteiger partial charge >= 0.3 is 0 Å². The molecule has 0 spiro atoms. The smallest absolute Gasteiger partial charge is 0.181 e. The molecule has 0 saturated heterocycles. The van der Waals surface area contributed by atoms with Crippen molar-refractivity contribution in [3.63, 3.8) is 0 Å². The van der Waals surface area contributed by atoms with Crippen molar-refractivity contribution in [3.05, 3.63) is 71.8 Å². The van der Waals surface area contributed by atoms with E-state index in [4.69, 9.17) is 9.47 Å². The maximum Gasteiger partial charge on any atom is 0.181 e. The minimum absolute atomic E-state index is 0.284. The molecule has 2 saturated carbocycles. The fourth-order valence-corrected chi connectivity index (χ4v) is 5.51. The molecule has 2 heteroatoms. The first kappa shape index (κ1) is 15.9. The number of hydrogen-bond donors (Lipinski definition) is 0. The highest BCUT2D eigenvalue weighted by Crippen LogP contribution is 2.64. The van der Waals surface area contributed by atoms with Crippen LogP contribution in [0.2, 0.25) is 0 Å². The number of rotatable bonds is 4. The first-order chi connectivity index (χ1) is 11.8. The normalized spacial score (nSPS) is 31.1. The molecule has 2 aliphatic carbocycles. The lowest BCUT2D eigenvalue weighted by Crippen LogP contribution is -2.43. The molecule has 0 aromatic heterocycles. The Balaban J connectivity index is 1.87. The van der Waals surface area contributed by atoms with Gasteiger partial charge in [0.25, 0.3) is 0 Å². The summed E-state index contributed by atoms with van der Waals surface area (Å²) in [6, 6.07) is 21.6. The number of ether oxygens (including phenoxy) is 2. The first-order valence-corrected chi connectivity index (χ1v) is 9.02. The summed E-state index contributed by atoms with van der Waals surface area (Å²) >= 11 is 0. The van der Waals surface area contributed by atoms with Crippen molar-refractivity contribution >= 4 is 0 Å². The molecule has 4 rings (SSSR count). The van der Waals surface area contributed by atoms with Gasteiger partial charge in [0, 0.05) is 26.1 Å². The van der Waals surface area contributed by atoms with Crippen LogP contribution in [0.1, 0.15) is 42.2 Å². The zero-order chi connectivity index (χ0) is 16.6. The average molecular weight is 322 g/mol. The Morgan fingerprint density at radius 1 is 0.708 bits per heavy atom. The van der Waals surface area contributed by atoms with Gasteiger partial charge < -0.3 is 9.47 Å². The van der Waals surface area contributed by atoms with Crippen molar-refractivity contribution in [1.82, 2.24) is 0 Å². The van der Waals surface area contributed by atoms with Gasteiger partial charge in [0.15, 0.2) is 5.79 Å². The van der Waals surface area contributed by atoms with Crippen molar-refractivity contribution in [3.8, 4) is 0 Å². The highest BCUT2D eigenvalue weighted by molar-refractivity contribution is 5.35. The number of hydrogen-bond acceptors (Lipinski definition) is 2. The summed E-state index contributed by atoms with van der Waals surface area (Å²) in [5, 5.41) is 0. The summed E-state index contributed by atoms with van der Waals surface area (Å²) in [7, 11) is 3.63. The molecule has 0 bridgehead atoms. The van der Waals surface area contributed by atoms with Gasteiger partial charge in [-0.1, -0.05) is 67.1 Å². The van der Waals surface area contributed by atoms with E-state index in [2.05, 4.69) is 60.7 Å². The van der Waals surface area contributed by atoms with Gasteiger partial charge in [-0.25, -0.2) is 0 Å². The lowest BCUT2D eigenvalue weighted by molar-refractivity contribution is -0.226. The van der Waals surface area contributed by atoms with Gasteiger partial charge in [-0.15, -0.1) is 0 Å². The van der Waals surface area contributed by atoms with E-state index in [0.29, 0.717) is 11.8 Å². The van der Waals surface area contributed by atoms with E-state index in [1.165, 1.54) is 30.4 Å². The minimum Gasteiger partial charge on any atom is -0.352 e. The maximum absolute atomic E-state index is 6.20. The van der Waals surface area contributed by atoms with Gasteiger partial charge in [0.2, 0.25) is 0 Å². The second-order valence-electron chi connectivity index (χ2n) is 7.16. The summed E-state index contributed by atoms with van der Waals surface area (Å²) in [5.41, 5.74) is 2.69. The average Bonchev–Trinajstić information content (AvgIpc) is 3.20. The number of methoxy groups -OCH3 is 2. The third kappa shape index (κ3) is 2.24. The van der Waals surface area contributed by atoms with Crippen LogP contribution in [0.15, 0.2) is 60.7 Å². The first-order valence-electron chi connectivity index (χ1n) is 9.02. The lowest BCUT2D eigenvalue weighted by Gasteiger charge is -2.40. The fraction of sp³-hybridized carbons (Fsp3) is 0.455. The summed E-state index contributed by atoms with van der Waals surface area (Å²) in [5.74, 6) is 1.23. The van der Waals surface area contributed by atoms with Crippen molar-refractivity contribution in [1.29, 1.82) is 0 Å². The van der Waals surface area contributed by atoms with Gasteiger partial charge in [-0.2, -0.15) is 0 Å². The van der Waals surface area contributed by atoms with Crippen LogP contribution >= 0.6 is 0 Å². The molecular weight excluding hydrogens is 296 g/mol. The van der Waals surface area contributed by atoms with E-state index < -0.39 is 5.79 Å². The Labute approximate surface area is 144 Å².